The van der Waals surface area contributed by atoms with Gasteiger partial charge in [0.1, 0.15) is 5.54 Å². The molecule has 0 aromatic rings. The molecule has 7 heteroatoms. The lowest BCUT2D eigenvalue weighted by Crippen LogP contribution is -2.61. The fourth-order valence-electron chi connectivity index (χ4n) is 2.23. The number of hydrogen-bond donors (Lipinski definition) is 1. The first-order chi connectivity index (χ1) is 7.75. The summed E-state index contributed by atoms with van der Waals surface area (Å²) in [5, 5.41) is 9.11. The number of carboxylic acids is 1. The highest BCUT2D eigenvalue weighted by atomic mass is 19.4. The maximum absolute atomic E-state index is 12.4. The number of halogens is 3. The summed E-state index contributed by atoms with van der Waals surface area (Å²) >= 11 is 0. The Morgan fingerprint density at radius 1 is 1.35 bits per heavy atom. The lowest BCUT2D eigenvalue weighted by molar-refractivity contribution is -0.197. The van der Waals surface area contributed by atoms with Gasteiger partial charge in [0.05, 0.1) is 0 Å². The van der Waals surface area contributed by atoms with E-state index in [2.05, 4.69) is 0 Å². The number of carbonyl (C=O) groups excluding carboxylic acids is 1. The minimum Gasteiger partial charge on any atom is -0.479 e. The zero-order chi connectivity index (χ0) is 13.3. The van der Waals surface area contributed by atoms with E-state index in [-0.39, 0.29) is 19.4 Å². The number of carboxylic acid groups (broad SMARTS) is 1. The van der Waals surface area contributed by atoms with E-state index in [0.29, 0.717) is 17.7 Å². The van der Waals surface area contributed by atoms with Gasteiger partial charge in [-0.15, -0.1) is 0 Å². The Kier molecular flexibility index (Phi) is 3.68. The van der Waals surface area contributed by atoms with Crippen molar-refractivity contribution < 1.29 is 27.9 Å². The lowest BCUT2D eigenvalue weighted by atomic mass is 9.84. The van der Waals surface area contributed by atoms with E-state index in [1.165, 1.54) is 6.92 Å². The Bertz CT molecular complexity index is 329. The molecule has 0 aromatic carbocycles. The summed E-state index contributed by atoms with van der Waals surface area (Å²) in [7, 11) is 0. The summed E-state index contributed by atoms with van der Waals surface area (Å²) < 4.78 is 37.2. The van der Waals surface area contributed by atoms with Gasteiger partial charge in [-0.3, -0.25) is 4.79 Å². The summed E-state index contributed by atoms with van der Waals surface area (Å²) in [6, 6.07) is 0. The number of nitrogens with zero attached hydrogens (tertiary/aromatic N) is 1. The molecule has 1 atom stereocenters. The first-order valence-corrected chi connectivity index (χ1v) is 5.38. The van der Waals surface area contributed by atoms with Gasteiger partial charge in [-0.25, -0.2) is 4.79 Å². The molecule has 1 amide bonds. The highest BCUT2D eigenvalue weighted by molar-refractivity contribution is 5.90. The molecule has 1 aliphatic rings. The topological polar surface area (TPSA) is 57.6 Å². The predicted octanol–water partition coefficient (Wildman–Crippen LogP) is 1.79. The average Bonchev–Trinajstić information content (AvgIpc) is 2.26. The van der Waals surface area contributed by atoms with Crippen LogP contribution < -0.4 is 0 Å². The van der Waals surface area contributed by atoms with Gasteiger partial charge in [0.25, 0.3) is 0 Å². The molecule has 4 nitrogen and oxygen atoms in total. The first kappa shape index (κ1) is 13.8. The zero-order valence-corrected chi connectivity index (χ0v) is 9.38. The molecule has 0 aromatic heterocycles. The number of alkyl halides is 3. The fraction of sp³-hybridized carbons (Fsp3) is 0.800. The van der Waals surface area contributed by atoms with Crippen LogP contribution in [0.3, 0.4) is 0 Å². The summed E-state index contributed by atoms with van der Waals surface area (Å²) in [5.41, 5.74) is -1.70. The van der Waals surface area contributed by atoms with Crippen LogP contribution in [-0.2, 0) is 9.59 Å². The molecule has 1 saturated heterocycles. The third kappa shape index (κ3) is 2.37. The van der Waals surface area contributed by atoms with Crippen molar-refractivity contribution in [1.82, 2.24) is 4.90 Å². The average molecular weight is 253 g/mol. The SMILES string of the molecule is CCC1(C(=O)O)CCCCN1C(=O)C(F)(F)F. The van der Waals surface area contributed by atoms with Gasteiger partial charge in [-0.1, -0.05) is 6.92 Å². The van der Waals surface area contributed by atoms with Crippen molar-refractivity contribution in [1.29, 1.82) is 0 Å². The third-order valence-corrected chi connectivity index (χ3v) is 3.21. The Hall–Kier alpha value is -1.27. The standard InChI is InChI=1S/C10H14F3NO3/c1-2-9(8(16)17)5-3-4-6-14(9)7(15)10(11,12)13/h2-6H2,1H3,(H,16,17). The van der Waals surface area contributed by atoms with Gasteiger partial charge in [-0.05, 0) is 25.7 Å². The Labute approximate surface area is 96.4 Å². The summed E-state index contributed by atoms with van der Waals surface area (Å²) in [4.78, 5) is 22.9. The second-order valence-corrected chi connectivity index (χ2v) is 4.10. The third-order valence-electron chi connectivity index (χ3n) is 3.21. The van der Waals surface area contributed by atoms with E-state index in [1.807, 2.05) is 0 Å². The van der Waals surface area contributed by atoms with Crippen molar-refractivity contribution in [3.8, 4) is 0 Å². The van der Waals surface area contributed by atoms with Crippen LogP contribution in [0.1, 0.15) is 32.6 Å². The molecule has 0 bridgehead atoms. The molecule has 0 radical (unpaired) electrons. The number of amides is 1. The lowest BCUT2D eigenvalue weighted by Gasteiger charge is -2.43. The Morgan fingerprint density at radius 3 is 2.35 bits per heavy atom. The maximum atomic E-state index is 12.4. The van der Waals surface area contributed by atoms with E-state index in [1.54, 1.807) is 0 Å². The first-order valence-electron chi connectivity index (χ1n) is 5.38. The number of aliphatic carboxylic acids is 1. The van der Waals surface area contributed by atoms with Gasteiger partial charge >= 0.3 is 18.1 Å². The molecular weight excluding hydrogens is 239 g/mol. The highest BCUT2D eigenvalue weighted by Gasteiger charge is 2.53. The van der Waals surface area contributed by atoms with Crippen LogP contribution in [-0.4, -0.2) is 40.1 Å². The quantitative estimate of drug-likeness (QED) is 0.816. The van der Waals surface area contributed by atoms with Gasteiger partial charge in [0.15, 0.2) is 0 Å². The minimum absolute atomic E-state index is 0.0237. The van der Waals surface area contributed by atoms with Gasteiger partial charge in [0.2, 0.25) is 0 Å². The smallest absolute Gasteiger partial charge is 0.471 e. The van der Waals surface area contributed by atoms with Crippen LogP contribution in [0.2, 0.25) is 0 Å². The number of hydrogen-bond acceptors (Lipinski definition) is 2. The van der Waals surface area contributed by atoms with Crippen molar-refractivity contribution >= 4 is 11.9 Å². The van der Waals surface area contributed by atoms with Crippen LogP contribution in [0, 0.1) is 0 Å². The number of rotatable bonds is 2. The number of piperidine rings is 1. The van der Waals surface area contributed by atoms with Crippen molar-refractivity contribution in [2.24, 2.45) is 0 Å². The molecule has 1 fully saturated rings. The van der Waals surface area contributed by atoms with Crippen LogP contribution in [0.25, 0.3) is 0 Å². The summed E-state index contributed by atoms with van der Waals surface area (Å²) in [6.07, 6.45) is -4.06. The monoisotopic (exact) mass is 253 g/mol. The second kappa shape index (κ2) is 4.54. The van der Waals surface area contributed by atoms with Crippen molar-refractivity contribution in [2.45, 2.75) is 44.3 Å². The number of likely N-dealkylation sites (tertiary alicyclic amines) is 1. The summed E-state index contributed by atoms with van der Waals surface area (Å²) in [6.45, 7) is 1.33. The summed E-state index contributed by atoms with van der Waals surface area (Å²) in [5.74, 6) is -3.42. The van der Waals surface area contributed by atoms with Crippen molar-refractivity contribution in [3.05, 3.63) is 0 Å². The van der Waals surface area contributed by atoms with Crippen molar-refractivity contribution in [2.75, 3.05) is 6.54 Å². The van der Waals surface area contributed by atoms with Crippen LogP contribution in [0.4, 0.5) is 13.2 Å². The molecule has 1 aliphatic heterocycles. The molecule has 1 N–H and O–H groups in total. The maximum Gasteiger partial charge on any atom is 0.471 e. The molecular formula is C10H14F3NO3. The van der Waals surface area contributed by atoms with Crippen LogP contribution >= 0.6 is 0 Å². The van der Waals surface area contributed by atoms with E-state index in [0.717, 1.165) is 0 Å². The Balaban J connectivity index is 3.09. The highest BCUT2D eigenvalue weighted by Crippen LogP contribution is 2.34. The molecule has 0 aliphatic carbocycles. The van der Waals surface area contributed by atoms with Gasteiger partial charge < -0.3 is 10.0 Å². The molecule has 1 unspecified atom stereocenters. The van der Waals surface area contributed by atoms with E-state index in [4.69, 9.17) is 5.11 Å². The molecule has 1 heterocycles. The second-order valence-electron chi connectivity index (χ2n) is 4.10. The molecule has 1 rings (SSSR count). The molecule has 17 heavy (non-hydrogen) atoms. The molecule has 98 valence electrons. The normalized spacial score (nSPS) is 25.8. The van der Waals surface area contributed by atoms with Crippen molar-refractivity contribution in [3.63, 3.8) is 0 Å². The zero-order valence-electron chi connectivity index (χ0n) is 9.38. The Morgan fingerprint density at radius 2 is 1.94 bits per heavy atom. The molecule has 0 spiro atoms. The van der Waals surface area contributed by atoms with E-state index < -0.39 is 23.6 Å². The fourth-order valence-corrected chi connectivity index (χ4v) is 2.23. The minimum atomic E-state index is -5.02. The predicted molar refractivity (Wildman–Crippen MR) is 52.3 cm³/mol. The van der Waals surface area contributed by atoms with Crippen LogP contribution in [0.5, 0.6) is 0 Å². The molecule has 0 saturated carbocycles. The van der Waals surface area contributed by atoms with E-state index in [9.17, 15) is 22.8 Å². The number of carbonyl (C=O) groups is 2. The van der Waals surface area contributed by atoms with Gasteiger partial charge in [-0.2, -0.15) is 13.2 Å². The van der Waals surface area contributed by atoms with Gasteiger partial charge in [0, 0.05) is 6.54 Å². The van der Waals surface area contributed by atoms with Crippen LogP contribution in [0.15, 0.2) is 0 Å². The largest absolute Gasteiger partial charge is 0.479 e. The van der Waals surface area contributed by atoms with E-state index >= 15 is 0 Å².